The molecule has 0 bridgehead atoms. The van der Waals surface area contributed by atoms with Crippen molar-refractivity contribution in [2.24, 2.45) is 0 Å². The Bertz CT molecular complexity index is 2700. The maximum atomic E-state index is 6.45. The number of fused-ring (bicyclic) bond motifs is 12. The molecule has 4 heteroatoms. The predicted molar refractivity (Wildman–Crippen MR) is 195 cm³/mol. The molecule has 220 valence electrons. The van der Waals surface area contributed by atoms with Crippen molar-refractivity contribution in [3.8, 4) is 11.1 Å². The molecule has 7 aromatic carbocycles. The third kappa shape index (κ3) is 3.41. The van der Waals surface area contributed by atoms with Crippen molar-refractivity contribution in [1.82, 2.24) is 4.40 Å². The lowest BCUT2D eigenvalue weighted by Gasteiger charge is -2.32. The van der Waals surface area contributed by atoms with Crippen LogP contribution in [0.1, 0.15) is 27.7 Å². The van der Waals surface area contributed by atoms with E-state index >= 15 is 0 Å². The Labute approximate surface area is 267 Å². The molecule has 1 aliphatic heterocycles. The summed E-state index contributed by atoms with van der Waals surface area (Å²) in [5, 5.41) is 12.7. The van der Waals surface area contributed by atoms with Crippen LogP contribution in [-0.2, 0) is 9.31 Å². The molecule has 3 nitrogen and oxygen atoms in total. The highest BCUT2D eigenvalue weighted by atomic mass is 16.7. The smallest absolute Gasteiger partial charge is 0.399 e. The van der Waals surface area contributed by atoms with Crippen molar-refractivity contribution in [1.29, 1.82) is 0 Å². The summed E-state index contributed by atoms with van der Waals surface area (Å²) in [6, 6.07) is 44.9. The number of nitrogens with zero attached hydrogens (tertiary/aromatic N) is 1. The quantitative estimate of drug-likeness (QED) is 0.147. The summed E-state index contributed by atoms with van der Waals surface area (Å²) in [4.78, 5) is 0. The summed E-state index contributed by atoms with van der Waals surface area (Å²) in [5.41, 5.74) is 6.55. The van der Waals surface area contributed by atoms with Gasteiger partial charge in [0, 0.05) is 21.5 Å². The molecule has 1 aliphatic rings. The highest BCUT2D eigenvalue weighted by Gasteiger charge is 2.51. The van der Waals surface area contributed by atoms with Gasteiger partial charge in [-0.25, -0.2) is 0 Å². The first-order valence-electron chi connectivity index (χ1n) is 16.2. The van der Waals surface area contributed by atoms with Crippen LogP contribution in [0.2, 0.25) is 0 Å². The van der Waals surface area contributed by atoms with E-state index in [2.05, 4.69) is 153 Å². The molecule has 0 spiro atoms. The minimum atomic E-state index is -0.400. The Morgan fingerprint density at radius 2 is 0.935 bits per heavy atom. The van der Waals surface area contributed by atoms with E-state index in [4.69, 9.17) is 9.31 Å². The van der Waals surface area contributed by atoms with Gasteiger partial charge in [-0.2, -0.15) is 0 Å². The lowest BCUT2D eigenvalue weighted by atomic mass is 9.77. The van der Waals surface area contributed by atoms with Gasteiger partial charge in [-0.3, -0.25) is 0 Å². The van der Waals surface area contributed by atoms with Crippen molar-refractivity contribution in [2.75, 3.05) is 0 Å². The minimum Gasteiger partial charge on any atom is -0.399 e. The van der Waals surface area contributed by atoms with Crippen molar-refractivity contribution >= 4 is 83.0 Å². The van der Waals surface area contributed by atoms with Gasteiger partial charge in [-0.05, 0) is 101 Å². The average molecular weight is 594 g/mol. The lowest BCUT2D eigenvalue weighted by Crippen LogP contribution is -2.41. The Kier molecular flexibility index (Phi) is 5.08. The van der Waals surface area contributed by atoms with Crippen LogP contribution in [0.5, 0.6) is 0 Å². The van der Waals surface area contributed by atoms with Crippen LogP contribution in [0, 0.1) is 0 Å². The molecule has 9 aromatic rings. The van der Waals surface area contributed by atoms with Gasteiger partial charge in [0.15, 0.2) is 0 Å². The van der Waals surface area contributed by atoms with Gasteiger partial charge in [0.1, 0.15) is 0 Å². The Hall–Kier alpha value is -4.90. The molecule has 1 fully saturated rings. The van der Waals surface area contributed by atoms with Gasteiger partial charge >= 0.3 is 7.12 Å². The van der Waals surface area contributed by atoms with Gasteiger partial charge < -0.3 is 13.7 Å². The molecule has 0 saturated carbocycles. The summed E-state index contributed by atoms with van der Waals surface area (Å²) in [6.07, 6.45) is 0. The molecule has 3 heterocycles. The second kappa shape index (κ2) is 8.88. The number of hydrogen-bond acceptors (Lipinski definition) is 2. The highest BCUT2D eigenvalue weighted by molar-refractivity contribution is 6.62. The van der Waals surface area contributed by atoms with Gasteiger partial charge in [0.05, 0.1) is 27.8 Å². The van der Waals surface area contributed by atoms with Crippen LogP contribution in [-0.4, -0.2) is 22.7 Å². The number of hydrogen-bond donors (Lipinski definition) is 0. The van der Waals surface area contributed by atoms with E-state index in [1.165, 1.54) is 81.5 Å². The molecule has 0 N–H and O–H groups in total. The van der Waals surface area contributed by atoms with E-state index in [0.717, 1.165) is 5.46 Å². The first-order valence-corrected chi connectivity index (χ1v) is 16.2. The third-order valence-electron chi connectivity index (χ3n) is 10.9. The molecule has 0 amide bonds. The van der Waals surface area contributed by atoms with Crippen LogP contribution in [0.4, 0.5) is 0 Å². The van der Waals surface area contributed by atoms with E-state index < -0.39 is 7.12 Å². The molecule has 0 aliphatic carbocycles. The maximum absolute atomic E-state index is 6.45. The van der Waals surface area contributed by atoms with Gasteiger partial charge in [-0.15, -0.1) is 0 Å². The van der Waals surface area contributed by atoms with Crippen LogP contribution in [0.15, 0.2) is 121 Å². The molecule has 1 saturated heterocycles. The average Bonchev–Trinajstić information content (AvgIpc) is 3.67. The Balaban J connectivity index is 1.18. The largest absolute Gasteiger partial charge is 0.494 e. The molecular formula is C42H32BNO2. The monoisotopic (exact) mass is 593 g/mol. The Morgan fingerprint density at radius 1 is 0.435 bits per heavy atom. The standard InChI is InChI=1S/C42H32BNO2/c1-41(2)42(3,4)46-43(45-41)27-18-20-30-28-10-5-6-11-29(28)35-22-25(16-19-31(35)36(30)24-27)26-17-21-39-37(23-26)34-14-9-13-33-32-12-7-8-15-38(32)44(39)40(33)34/h5-24H,1-4H3. The number of para-hydroxylation sites is 2. The topological polar surface area (TPSA) is 22.9 Å². The lowest BCUT2D eigenvalue weighted by molar-refractivity contribution is 0.00578. The number of aromatic nitrogens is 1. The normalized spacial score (nSPS) is 16.4. The fraction of sp³-hybridized carbons (Fsp3) is 0.143. The fourth-order valence-corrected chi connectivity index (χ4v) is 7.89. The van der Waals surface area contributed by atoms with Crippen molar-refractivity contribution < 1.29 is 9.31 Å². The minimum absolute atomic E-state index is 0.385. The van der Waals surface area contributed by atoms with E-state index in [1.54, 1.807) is 0 Å². The maximum Gasteiger partial charge on any atom is 0.494 e. The van der Waals surface area contributed by atoms with E-state index in [9.17, 15) is 0 Å². The van der Waals surface area contributed by atoms with E-state index in [0.29, 0.717) is 0 Å². The molecule has 0 radical (unpaired) electrons. The number of rotatable bonds is 2. The molecular weight excluding hydrogens is 561 g/mol. The summed E-state index contributed by atoms with van der Waals surface area (Å²) in [5.74, 6) is 0. The zero-order valence-corrected chi connectivity index (χ0v) is 26.4. The van der Waals surface area contributed by atoms with Crippen LogP contribution in [0.3, 0.4) is 0 Å². The van der Waals surface area contributed by atoms with Crippen molar-refractivity contribution in [2.45, 2.75) is 38.9 Å². The molecule has 2 aromatic heterocycles. The Morgan fingerprint density at radius 3 is 1.70 bits per heavy atom. The van der Waals surface area contributed by atoms with E-state index in [1.807, 2.05) is 0 Å². The zero-order valence-electron chi connectivity index (χ0n) is 26.4. The van der Waals surface area contributed by atoms with Crippen LogP contribution in [0.25, 0.3) is 81.5 Å². The van der Waals surface area contributed by atoms with Gasteiger partial charge in [0.2, 0.25) is 0 Å². The summed E-state index contributed by atoms with van der Waals surface area (Å²) in [6.45, 7) is 8.43. The zero-order chi connectivity index (χ0) is 30.9. The second-order valence-corrected chi connectivity index (χ2v) is 14.0. The summed E-state index contributed by atoms with van der Waals surface area (Å²) >= 11 is 0. The van der Waals surface area contributed by atoms with Crippen molar-refractivity contribution in [3.63, 3.8) is 0 Å². The van der Waals surface area contributed by atoms with Crippen molar-refractivity contribution in [3.05, 3.63) is 121 Å². The van der Waals surface area contributed by atoms with E-state index in [-0.39, 0.29) is 11.2 Å². The molecule has 46 heavy (non-hydrogen) atoms. The SMILES string of the molecule is CC1(C)OB(c2ccc3c4ccccc4c4cc(-c5ccc6c(c5)c5cccc7c8ccccc8n6c75)ccc4c3c2)OC1(C)C. The fourth-order valence-electron chi connectivity index (χ4n) is 7.89. The summed E-state index contributed by atoms with van der Waals surface area (Å²) in [7, 11) is -0.400. The summed E-state index contributed by atoms with van der Waals surface area (Å²) < 4.78 is 15.3. The molecule has 10 rings (SSSR count). The third-order valence-corrected chi connectivity index (χ3v) is 10.9. The van der Waals surface area contributed by atoms with Gasteiger partial charge in [0.25, 0.3) is 0 Å². The van der Waals surface area contributed by atoms with Crippen LogP contribution >= 0.6 is 0 Å². The second-order valence-electron chi connectivity index (χ2n) is 14.0. The highest BCUT2D eigenvalue weighted by Crippen LogP contribution is 2.42. The first kappa shape index (κ1) is 26.3. The predicted octanol–water partition coefficient (Wildman–Crippen LogP) is 10.3. The molecule has 0 atom stereocenters. The van der Waals surface area contributed by atoms with Crippen LogP contribution < -0.4 is 5.46 Å². The number of benzene rings is 7. The molecule has 0 unspecified atom stereocenters. The van der Waals surface area contributed by atoms with Gasteiger partial charge in [-0.1, -0.05) is 97.1 Å². The first-order chi connectivity index (χ1) is 22.3.